The van der Waals surface area contributed by atoms with Gasteiger partial charge in [-0.1, -0.05) is 23.7 Å². The van der Waals surface area contributed by atoms with E-state index in [0.29, 0.717) is 12.4 Å². The maximum Gasteiger partial charge on any atom is 0.242 e. The Labute approximate surface area is 118 Å². The maximum atomic E-state index is 12.1. The molecule has 1 aliphatic rings. The van der Waals surface area contributed by atoms with E-state index in [9.17, 15) is 8.42 Å². The summed E-state index contributed by atoms with van der Waals surface area (Å²) in [6.45, 7) is 0.438. The summed E-state index contributed by atoms with van der Waals surface area (Å²) < 4.78 is 26.8. The predicted octanol–water partition coefficient (Wildman–Crippen LogP) is 3.03. The molecule has 0 spiro atoms. The Morgan fingerprint density at radius 2 is 1.94 bits per heavy atom. The van der Waals surface area contributed by atoms with Crippen molar-refractivity contribution in [3.05, 3.63) is 29.3 Å². The van der Waals surface area contributed by atoms with Gasteiger partial charge in [-0.15, -0.1) is 11.6 Å². The topological polar surface area (TPSA) is 46.2 Å². The van der Waals surface area contributed by atoms with E-state index in [1.54, 1.807) is 18.2 Å². The van der Waals surface area contributed by atoms with Crippen molar-refractivity contribution in [2.45, 2.75) is 24.2 Å². The lowest BCUT2D eigenvalue weighted by atomic mass is 10.1. The van der Waals surface area contributed by atoms with Gasteiger partial charge in [0.1, 0.15) is 4.90 Å². The third-order valence-corrected chi connectivity index (χ3v) is 5.44. The molecule has 0 saturated heterocycles. The average molecular weight is 308 g/mol. The summed E-state index contributed by atoms with van der Waals surface area (Å²) >= 11 is 11.6. The number of halogens is 2. The van der Waals surface area contributed by atoms with E-state index < -0.39 is 10.0 Å². The quantitative estimate of drug-likeness (QED) is 0.821. The van der Waals surface area contributed by atoms with Gasteiger partial charge < -0.3 is 0 Å². The minimum Gasteiger partial charge on any atom is -0.211 e. The fourth-order valence-electron chi connectivity index (χ4n) is 1.88. The monoisotopic (exact) mass is 307 g/mol. The first kappa shape index (κ1) is 14.1. The number of nitrogens with one attached hydrogen (secondary N) is 1. The van der Waals surface area contributed by atoms with Crippen molar-refractivity contribution >= 4 is 33.2 Å². The van der Waals surface area contributed by atoms with Crippen LogP contribution in [0.15, 0.2) is 29.2 Å². The van der Waals surface area contributed by atoms with Crippen molar-refractivity contribution in [1.29, 1.82) is 0 Å². The van der Waals surface area contributed by atoms with Gasteiger partial charge in [-0.2, -0.15) is 0 Å². The lowest BCUT2D eigenvalue weighted by Crippen LogP contribution is -2.30. The SMILES string of the molecule is O=S(=O)(NCC1(CCCl)CC1)c1ccccc1Cl. The van der Waals surface area contributed by atoms with Crippen LogP contribution in [-0.4, -0.2) is 20.8 Å². The Hall–Kier alpha value is -0.290. The number of rotatable bonds is 6. The Morgan fingerprint density at radius 3 is 2.50 bits per heavy atom. The highest BCUT2D eigenvalue weighted by atomic mass is 35.5. The molecular formula is C12H15Cl2NO2S. The number of benzene rings is 1. The van der Waals surface area contributed by atoms with Crippen molar-refractivity contribution in [3.63, 3.8) is 0 Å². The summed E-state index contributed by atoms with van der Waals surface area (Å²) in [6, 6.07) is 6.44. The standard InChI is InChI=1S/C12H15Cl2NO2S/c13-8-7-12(5-6-12)9-15-18(16,17)11-4-2-1-3-10(11)14/h1-4,15H,5-9H2. The van der Waals surface area contributed by atoms with Crippen molar-refractivity contribution in [2.75, 3.05) is 12.4 Å². The minimum absolute atomic E-state index is 0.0656. The van der Waals surface area contributed by atoms with Crippen LogP contribution in [0.3, 0.4) is 0 Å². The van der Waals surface area contributed by atoms with Crippen LogP contribution < -0.4 is 4.72 Å². The van der Waals surface area contributed by atoms with Gasteiger partial charge in [0, 0.05) is 12.4 Å². The summed E-state index contributed by atoms with van der Waals surface area (Å²) in [5.41, 5.74) is 0.0656. The van der Waals surface area contributed by atoms with E-state index in [-0.39, 0.29) is 15.3 Å². The van der Waals surface area contributed by atoms with Crippen LogP contribution in [0.1, 0.15) is 19.3 Å². The molecule has 0 amide bonds. The largest absolute Gasteiger partial charge is 0.242 e. The molecule has 1 aliphatic carbocycles. The molecule has 18 heavy (non-hydrogen) atoms. The van der Waals surface area contributed by atoms with E-state index in [1.165, 1.54) is 6.07 Å². The predicted molar refractivity (Wildman–Crippen MR) is 73.6 cm³/mol. The normalized spacial score (nSPS) is 17.7. The van der Waals surface area contributed by atoms with Crippen LogP contribution in [0.25, 0.3) is 0 Å². The Balaban J connectivity index is 2.07. The zero-order valence-electron chi connectivity index (χ0n) is 9.83. The first-order chi connectivity index (χ1) is 8.49. The number of sulfonamides is 1. The second-order valence-corrected chi connectivity index (χ2v) is 7.21. The molecule has 1 fully saturated rings. The molecule has 6 heteroatoms. The van der Waals surface area contributed by atoms with Gasteiger partial charge in [0.2, 0.25) is 10.0 Å². The molecule has 1 aromatic carbocycles. The molecular weight excluding hydrogens is 293 g/mol. The van der Waals surface area contributed by atoms with E-state index >= 15 is 0 Å². The molecule has 0 unspecified atom stereocenters. The molecule has 0 aromatic heterocycles. The molecule has 3 nitrogen and oxygen atoms in total. The van der Waals surface area contributed by atoms with Crippen LogP contribution >= 0.6 is 23.2 Å². The van der Waals surface area contributed by atoms with Crippen LogP contribution in [0.2, 0.25) is 5.02 Å². The lowest BCUT2D eigenvalue weighted by Gasteiger charge is -2.15. The van der Waals surface area contributed by atoms with Crippen molar-refractivity contribution in [1.82, 2.24) is 4.72 Å². The summed E-state index contributed by atoms with van der Waals surface area (Å²) in [7, 11) is -3.53. The number of alkyl halides is 1. The van der Waals surface area contributed by atoms with Gasteiger partial charge in [0.15, 0.2) is 0 Å². The number of hydrogen-bond donors (Lipinski definition) is 1. The lowest BCUT2D eigenvalue weighted by molar-refractivity contribution is 0.478. The van der Waals surface area contributed by atoms with Gasteiger partial charge in [0.05, 0.1) is 5.02 Å². The number of hydrogen-bond acceptors (Lipinski definition) is 2. The van der Waals surface area contributed by atoms with E-state index in [1.807, 2.05) is 0 Å². The molecule has 0 atom stereocenters. The highest BCUT2D eigenvalue weighted by Gasteiger charge is 2.42. The van der Waals surface area contributed by atoms with E-state index in [2.05, 4.69) is 4.72 Å². The van der Waals surface area contributed by atoms with Gasteiger partial charge in [-0.05, 0) is 36.8 Å². The van der Waals surface area contributed by atoms with Crippen molar-refractivity contribution in [3.8, 4) is 0 Å². The minimum atomic E-state index is -3.53. The zero-order chi connectivity index (χ0) is 13.2. The Morgan fingerprint density at radius 1 is 1.28 bits per heavy atom. The maximum absolute atomic E-state index is 12.1. The smallest absolute Gasteiger partial charge is 0.211 e. The molecule has 100 valence electrons. The summed E-state index contributed by atoms with van der Waals surface area (Å²) in [6.07, 6.45) is 2.91. The van der Waals surface area contributed by atoms with E-state index in [4.69, 9.17) is 23.2 Å². The van der Waals surface area contributed by atoms with Gasteiger partial charge in [-0.25, -0.2) is 13.1 Å². The van der Waals surface area contributed by atoms with Crippen molar-refractivity contribution < 1.29 is 8.42 Å². The fraction of sp³-hybridized carbons (Fsp3) is 0.500. The summed E-state index contributed by atoms with van der Waals surface area (Å²) in [5.74, 6) is 0.563. The summed E-state index contributed by atoms with van der Waals surface area (Å²) in [5, 5.41) is 0.243. The van der Waals surface area contributed by atoms with Crippen LogP contribution in [0.5, 0.6) is 0 Å². The fourth-order valence-corrected chi connectivity index (χ4v) is 3.96. The Bertz CT molecular complexity index is 527. The molecule has 1 N–H and O–H groups in total. The second kappa shape index (κ2) is 5.37. The van der Waals surface area contributed by atoms with Gasteiger partial charge in [0.25, 0.3) is 0 Å². The highest BCUT2D eigenvalue weighted by Crippen LogP contribution is 2.48. The average Bonchev–Trinajstić information content (AvgIpc) is 3.08. The van der Waals surface area contributed by atoms with Gasteiger partial charge >= 0.3 is 0 Å². The first-order valence-corrected chi connectivity index (χ1v) is 8.19. The molecule has 0 radical (unpaired) electrons. The van der Waals surface area contributed by atoms with Crippen LogP contribution in [-0.2, 0) is 10.0 Å². The third-order valence-electron chi connectivity index (χ3n) is 3.35. The highest BCUT2D eigenvalue weighted by molar-refractivity contribution is 7.89. The van der Waals surface area contributed by atoms with Crippen molar-refractivity contribution in [2.24, 2.45) is 5.41 Å². The molecule has 0 aliphatic heterocycles. The van der Waals surface area contributed by atoms with Crippen LogP contribution in [0, 0.1) is 5.41 Å². The van der Waals surface area contributed by atoms with E-state index in [0.717, 1.165) is 19.3 Å². The molecule has 2 rings (SSSR count). The molecule has 0 heterocycles. The second-order valence-electron chi connectivity index (χ2n) is 4.69. The molecule has 0 bridgehead atoms. The summed E-state index contributed by atoms with van der Waals surface area (Å²) in [4.78, 5) is 0.133. The first-order valence-electron chi connectivity index (χ1n) is 5.79. The molecule has 1 aromatic rings. The van der Waals surface area contributed by atoms with Gasteiger partial charge in [-0.3, -0.25) is 0 Å². The molecule has 1 saturated carbocycles. The zero-order valence-corrected chi connectivity index (χ0v) is 12.2. The third kappa shape index (κ3) is 3.18. The van der Waals surface area contributed by atoms with Crippen LogP contribution in [0.4, 0.5) is 0 Å². The Kier molecular flexibility index (Phi) is 4.22.